The molecule has 1 aliphatic carbocycles. The van der Waals surface area contributed by atoms with E-state index in [0.717, 1.165) is 22.4 Å². The number of halogens is 2. The Hall–Kier alpha value is -1.83. The van der Waals surface area contributed by atoms with Crippen LogP contribution in [0.5, 0.6) is 0 Å². The van der Waals surface area contributed by atoms with Crippen LogP contribution in [0.2, 0.25) is 13.1 Å². The van der Waals surface area contributed by atoms with Gasteiger partial charge in [-0.3, -0.25) is 0 Å². The monoisotopic (exact) mass is 727 g/mol. The van der Waals surface area contributed by atoms with Crippen molar-refractivity contribution in [1.29, 1.82) is 0 Å². The Morgan fingerprint density at radius 3 is 1.93 bits per heavy atom. The first-order chi connectivity index (χ1) is 20.0. The van der Waals surface area contributed by atoms with Gasteiger partial charge >= 0.3 is 26.2 Å². The van der Waals surface area contributed by atoms with E-state index in [2.05, 4.69) is 153 Å². The molecule has 1 unspecified atom stereocenters. The van der Waals surface area contributed by atoms with Crippen LogP contribution in [-0.4, -0.2) is 9.52 Å². The zero-order chi connectivity index (χ0) is 30.2. The predicted molar refractivity (Wildman–Crippen MR) is 189 cm³/mol. The van der Waals surface area contributed by atoms with Crippen LogP contribution in [-0.2, 0) is 37.0 Å². The van der Waals surface area contributed by atoms with Crippen LogP contribution in [0.3, 0.4) is 0 Å². The summed E-state index contributed by atoms with van der Waals surface area (Å²) in [5, 5.41) is 5.56. The van der Waals surface area contributed by atoms with E-state index in [1.807, 2.05) is 0 Å². The first-order valence-electron chi connectivity index (χ1n) is 15.6. The topological polar surface area (TPSA) is 0 Å². The zero-order valence-electron chi connectivity index (χ0n) is 28.4. The molecular formula is C41H47Cl2SiZr. The number of allylic oxidation sites excluding steroid dienone is 1. The number of hydrogen-bond donors (Lipinski definition) is 0. The van der Waals surface area contributed by atoms with Crippen LogP contribution >= 0.6 is 0 Å². The number of rotatable bonds is 4. The number of hydrogen-bond acceptors (Lipinski definition) is 0. The van der Waals surface area contributed by atoms with E-state index in [4.69, 9.17) is 0 Å². The number of fused-ring (bicyclic) bond motifs is 4. The molecule has 0 spiro atoms. The summed E-state index contributed by atoms with van der Waals surface area (Å²) in [5.41, 5.74) is 11.5. The van der Waals surface area contributed by atoms with Crippen molar-refractivity contribution in [3.05, 3.63) is 118 Å². The molecule has 0 aromatic heterocycles. The van der Waals surface area contributed by atoms with E-state index in [1.165, 1.54) is 60.5 Å². The first kappa shape index (κ1) is 39.3. The summed E-state index contributed by atoms with van der Waals surface area (Å²) in [6.45, 7) is 20.6. The van der Waals surface area contributed by atoms with Gasteiger partial charge in [-0.15, -0.1) is 33.7 Å². The molecular weight excluding hydrogens is 683 g/mol. The van der Waals surface area contributed by atoms with E-state index in [-0.39, 0.29) is 67.8 Å². The molecule has 0 saturated heterocycles. The van der Waals surface area contributed by atoms with Crippen LogP contribution in [0.1, 0.15) is 95.0 Å². The fourth-order valence-corrected chi connectivity index (χ4v) is 6.48. The minimum absolute atomic E-state index is 0. The second kappa shape index (κ2) is 15.8. The molecule has 0 bridgehead atoms. The Morgan fingerprint density at radius 2 is 1.33 bits per heavy atom. The van der Waals surface area contributed by atoms with Gasteiger partial charge in [-0.2, -0.15) is 0 Å². The van der Waals surface area contributed by atoms with Crippen LogP contribution in [0.4, 0.5) is 0 Å². The first-order valence-corrected chi connectivity index (χ1v) is 17.6. The molecule has 0 nitrogen and oxygen atoms in total. The Bertz CT molecular complexity index is 1750. The predicted octanol–water partition coefficient (Wildman–Crippen LogP) is 6.10. The normalized spacial score (nSPS) is 14.0. The SMILES string of the molecule is CCCC1=Cc2c(-c3ccccc3)cccc2C1c1cc(C(C)(C)C)cc2c1[cH-]c1ccc(C(C)(C)C)cc12.C[Si]C.[Cl-].[Cl-].[Zr+3]. The minimum atomic E-state index is 0. The molecule has 0 saturated carbocycles. The molecule has 5 aromatic carbocycles. The molecule has 5 aromatic rings. The summed E-state index contributed by atoms with van der Waals surface area (Å²) in [7, 11) is 1.08. The van der Waals surface area contributed by atoms with Crippen LogP contribution in [0, 0.1) is 0 Å². The van der Waals surface area contributed by atoms with Crippen molar-refractivity contribution in [1.82, 2.24) is 0 Å². The maximum atomic E-state index is 2.53. The van der Waals surface area contributed by atoms with Gasteiger partial charge in [-0.05, 0) is 39.5 Å². The number of benzene rings is 4. The standard InChI is InChI=1S/C39H41.C2H6Si.2ClH.Zr/c1-8-13-27-21-33-30(25-14-10-9-11-15-25)16-12-17-31(33)37(27)36-24-29(39(5,6)7)23-35-32-22-28(38(2,3)4)19-18-26(32)20-34(35)36;1-3-2;;;/h9-12,14-24,37H,8,13H2,1-7H3;1-2H3;2*1H;/q-1;;;;+3/p-2. The van der Waals surface area contributed by atoms with Crippen molar-refractivity contribution in [2.24, 2.45) is 0 Å². The molecule has 1 atom stereocenters. The average Bonchev–Trinajstić information content (AvgIpc) is 3.50. The second-order valence-corrected chi connectivity index (χ2v) is 15.0. The average molecular weight is 730 g/mol. The molecule has 1 aliphatic rings. The van der Waals surface area contributed by atoms with Crippen LogP contribution in [0.25, 0.3) is 38.7 Å². The van der Waals surface area contributed by atoms with Crippen molar-refractivity contribution in [3.8, 4) is 11.1 Å². The van der Waals surface area contributed by atoms with Crippen LogP contribution < -0.4 is 24.8 Å². The Balaban J connectivity index is 0.00000113. The van der Waals surface area contributed by atoms with E-state index in [0.29, 0.717) is 0 Å². The van der Waals surface area contributed by atoms with Crippen molar-refractivity contribution >= 4 is 37.1 Å². The van der Waals surface area contributed by atoms with Crippen molar-refractivity contribution in [2.45, 2.75) is 91.1 Å². The third-order valence-electron chi connectivity index (χ3n) is 8.67. The van der Waals surface area contributed by atoms with Gasteiger partial charge in [0.1, 0.15) is 0 Å². The van der Waals surface area contributed by atoms with Crippen molar-refractivity contribution in [2.75, 3.05) is 0 Å². The molecule has 233 valence electrons. The van der Waals surface area contributed by atoms with Gasteiger partial charge in [0.15, 0.2) is 0 Å². The van der Waals surface area contributed by atoms with Crippen molar-refractivity contribution in [3.63, 3.8) is 0 Å². The second-order valence-electron chi connectivity index (χ2n) is 14.0. The Morgan fingerprint density at radius 1 is 0.711 bits per heavy atom. The zero-order valence-corrected chi connectivity index (χ0v) is 33.4. The molecule has 4 heteroatoms. The summed E-state index contributed by atoms with van der Waals surface area (Å²) in [5.74, 6) is 0.285. The fraction of sp³-hybridized carbons (Fsp3) is 0.341. The third-order valence-corrected chi connectivity index (χ3v) is 8.67. The molecule has 0 fully saturated rings. The molecule has 0 amide bonds. The Labute approximate surface area is 306 Å². The van der Waals surface area contributed by atoms with Crippen molar-refractivity contribution < 1.29 is 51.0 Å². The van der Waals surface area contributed by atoms with Gasteiger partial charge in [0.05, 0.1) is 0 Å². The van der Waals surface area contributed by atoms with E-state index >= 15 is 0 Å². The van der Waals surface area contributed by atoms with Gasteiger partial charge < -0.3 is 24.8 Å². The molecule has 6 rings (SSSR count). The maximum absolute atomic E-state index is 2.53. The fourth-order valence-electron chi connectivity index (χ4n) is 6.48. The maximum Gasteiger partial charge on any atom is 3.00 e. The van der Waals surface area contributed by atoms with E-state index in [1.54, 1.807) is 5.57 Å². The molecule has 45 heavy (non-hydrogen) atoms. The van der Waals surface area contributed by atoms with Gasteiger partial charge in [0.2, 0.25) is 0 Å². The van der Waals surface area contributed by atoms with Gasteiger partial charge in [-0.25, -0.2) is 0 Å². The quantitative estimate of drug-likeness (QED) is 0.155. The summed E-state index contributed by atoms with van der Waals surface area (Å²) in [6.07, 6.45) is 4.78. The van der Waals surface area contributed by atoms with Crippen LogP contribution in [0.15, 0.2) is 90.5 Å². The summed E-state index contributed by atoms with van der Waals surface area (Å²) >= 11 is 0. The summed E-state index contributed by atoms with van der Waals surface area (Å²) in [6, 6.07) is 32.4. The largest absolute Gasteiger partial charge is 3.00 e. The van der Waals surface area contributed by atoms with Gasteiger partial charge in [0, 0.05) is 15.4 Å². The molecule has 0 heterocycles. The summed E-state index contributed by atoms with van der Waals surface area (Å²) in [4.78, 5) is 0. The molecule has 0 N–H and O–H groups in total. The smallest absolute Gasteiger partial charge is 1.00 e. The van der Waals surface area contributed by atoms with E-state index < -0.39 is 0 Å². The Kier molecular flexibility index (Phi) is 13.9. The summed E-state index contributed by atoms with van der Waals surface area (Å²) < 4.78 is 0. The van der Waals surface area contributed by atoms with Gasteiger partial charge in [-0.1, -0.05) is 169 Å². The molecule has 0 aliphatic heterocycles. The third kappa shape index (κ3) is 8.01. The minimum Gasteiger partial charge on any atom is -1.00 e. The van der Waals surface area contributed by atoms with E-state index in [9.17, 15) is 0 Å². The van der Waals surface area contributed by atoms with Gasteiger partial charge in [0.25, 0.3) is 0 Å². The molecule has 3 radical (unpaired) electrons.